The van der Waals surface area contributed by atoms with E-state index in [-0.39, 0.29) is 18.2 Å². The predicted octanol–water partition coefficient (Wildman–Crippen LogP) is 1.70. The largest absolute Gasteiger partial charge is 0.375 e. The van der Waals surface area contributed by atoms with Crippen LogP contribution in [0.1, 0.15) is 39.5 Å². The van der Waals surface area contributed by atoms with Crippen molar-refractivity contribution < 1.29 is 9.47 Å². The van der Waals surface area contributed by atoms with Gasteiger partial charge in [0.05, 0.1) is 12.2 Å². The van der Waals surface area contributed by atoms with E-state index in [4.69, 9.17) is 15.2 Å². The molecule has 0 aromatic rings. The zero-order valence-corrected chi connectivity index (χ0v) is 9.37. The van der Waals surface area contributed by atoms with Gasteiger partial charge in [0, 0.05) is 19.3 Å². The predicted molar refractivity (Wildman–Crippen MR) is 57.3 cm³/mol. The van der Waals surface area contributed by atoms with Crippen LogP contribution in [0.5, 0.6) is 0 Å². The highest BCUT2D eigenvalue weighted by Crippen LogP contribution is 2.25. The van der Waals surface area contributed by atoms with Gasteiger partial charge in [-0.15, -0.1) is 0 Å². The van der Waals surface area contributed by atoms with E-state index in [0.717, 1.165) is 26.1 Å². The van der Waals surface area contributed by atoms with Crippen LogP contribution in [-0.2, 0) is 9.47 Å². The van der Waals surface area contributed by atoms with Crippen LogP contribution in [0.15, 0.2) is 0 Å². The maximum atomic E-state index is 5.82. The molecule has 3 atom stereocenters. The zero-order chi connectivity index (χ0) is 10.4. The van der Waals surface area contributed by atoms with E-state index in [0.29, 0.717) is 0 Å². The number of ether oxygens (including phenoxy) is 2. The SMILES string of the molecule is CCCCCOC1CC(N)C1OCC. The molecular formula is C11H23NO2. The van der Waals surface area contributed by atoms with E-state index in [1.807, 2.05) is 6.92 Å². The number of hydrogen-bond donors (Lipinski definition) is 1. The summed E-state index contributed by atoms with van der Waals surface area (Å²) in [4.78, 5) is 0. The van der Waals surface area contributed by atoms with Crippen molar-refractivity contribution in [3.8, 4) is 0 Å². The number of nitrogens with two attached hydrogens (primary N) is 1. The minimum Gasteiger partial charge on any atom is -0.375 e. The van der Waals surface area contributed by atoms with Crippen molar-refractivity contribution >= 4 is 0 Å². The van der Waals surface area contributed by atoms with E-state index in [2.05, 4.69) is 6.92 Å². The molecule has 0 aromatic heterocycles. The fraction of sp³-hybridized carbons (Fsp3) is 1.00. The Balaban J connectivity index is 2.06. The van der Waals surface area contributed by atoms with Gasteiger partial charge < -0.3 is 15.2 Å². The Morgan fingerprint density at radius 3 is 2.57 bits per heavy atom. The van der Waals surface area contributed by atoms with Gasteiger partial charge in [-0.05, 0) is 19.8 Å². The first-order valence-corrected chi connectivity index (χ1v) is 5.78. The molecule has 0 radical (unpaired) electrons. The molecule has 0 aliphatic heterocycles. The summed E-state index contributed by atoms with van der Waals surface area (Å²) in [6.07, 6.45) is 4.99. The monoisotopic (exact) mass is 201 g/mol. The first kappa shape index (κ1) is 12.0. The van der Waals surface area contributed by atoms with Gasteiger partial charge in [-0.1, -0.05) is 19.8 Å². The van der Waals surface area contributed by atoms with Crippen molar-refractivity contribution in [1.29, 1.82) is 0 Å². The molecule has 0 spiro atoms. The van der Waals surface area contributed by atoms with Crippen molar-refractivity contribution in [3.05, 3.63) is 0 Å². The Kier molecular flexibility index (Phi) is 5.45. The molecule has 1 aliphatic carbocycles. The summed E-state index contributed by atoms with van der Waals surface area (Å²) >= 11 is 0. The van der Waals surface area contributed by atoms with Gasteiger partial charge in [-0.2, -0.15) is 0 Å². The molecule has 0 amide bonds. The minimum atomic E-state index is 0.140. The van der Waals surface area contributed by atoms with Crippen LogP contribution in [0.3, 0.4) is 0 Å². The summed E-state index contributed by atoms with van der Waals surface area (Å²) in [5.74, 6) is 0. The molecule has 0 saturated heterocycles. The molecule has 0 bridgehead atoms. The molecule has 3 unspecified atom stereocenters. The van der Waals surface area contributed by atoms with Crippen LogP contribution in [0, 0.1) is 0 Å². The summed E-state index contributed by atoms with van der Waals surface area (Å²) in [6, 6.07) is 0.186. The van der Waals surface area contributed by atoms with Gasteiger partial charge >= 0.3 is 0 Å². The maximum absolute atomic E-state index is 5.82. The van der Waals surface area contributed by atoms with Crippen molar-refractivity contribution in [2.75, 3.05) is 13.2 Å². The maximum Gasteiger partial charge on any atom is 0.0988 e. The van der Waals surface area contributed by atoms with Gasteiger partial charge in [0.1, 0.15) is 0 Å². The van der Waals surface area contributed by atoms with Gasteiger partial charge in [0.25, 0.3) is 0 Å². The van der Waals surface area contributed by atoms with Crippen LogP contribution < -0.4 is 5.73 Å². The number of unbranched alkanes of at least 4 members (excludes halogenated alkanes) is 2. The van der Waals surface area contributed by atoms with Crippen LogP contribution in [0.25, 0.3) is 0 Å². The second kappa shape index (κ2) is 6.38. The summed E-state index contributed by atoms with van der Waals surface area (Å²) in [5.41, 5.74) is 5.82. The quantitative estimate of drug-likeness (QED) is 0.638. The Hall–Kier alpha value is -0.120. The molecule has 0 aromatic carbocycles. The second-order valence-corrected chi connectivity index (χ2v) is 3.94. The molecular weight excluding hydrogens is 178 g/mol. The van der Waals surface area contributed by atoms with E-state index in [9.17, 15) is 0 Å². The highest BCUT2D eigenvalue weighted by Gasteiger charge is 2.40. The Bertz CT molecular complexity index is 152. The van der Waals surface area contributed by atoms with Crippen LogP contribution in [-0.4, -0.2) is 31.5 Å². The number of hydrogen-bond acceptors (Lipinski definition) is 3. The van der Waals surface area contributed by atoms with Crippen molar-refractivity contribution in [2.45, 2.75) is 57.8 Å². The summed E-state index contributed by atoms with van der Waals surface area (Å²) in [6.45, 7) is 5.78. The van der Waals surface area contributed by atoms with Gasteiger partial charge in [-0.3, -0.25) is 0 Å². The van der Waals surface area contributed by atoms with Gasteiger partial charge in [-0.25, -0.2) is 0 Å². The Labute approximate surface area is 86.9 Å². The lowest BCUT2D eigenvalue weighted by Crippen LogP contribution is -2.58. The fourth-order valence-corrected chi connectivity index (χ4v) is 1.79. The lowest BCUT2D eigenvalue weighted by molar-refractivity contribution is -0.137. The molecule has 1 saturated carbocycles. The van der Waals surface area contributed by atoms with Gasteiger partial charge in [0.15, 0.2) is 0 Å². The molecule has 2 N–H and O–H groups in total. The number of rotatable bonds is 7. The molecule has 1 aliphatic rings. The van der Waals surface area contributed by atoms with Crippen LogP contribution in [0.4, 0.5) is 0 Å². The molecule has 1 rings (SSSR count). The van der Waals surface area contributed by atoms with Crippen LogP contribution >= 0.6 is 0 Å². The van der Waals surface area contributed by atoms with Gasteiger partial charge in [0.2, 0.25) is 0 Å². The Morgan fingerprint density at radius 1 is 1.21 bits per heavy atom. The lowest BCUT2D eigenvalue weighted by Gasteiger charge is -2.41. The first-order chi connectivity index (χ1) is 6.79. The highest BCUT2D eigenvalue weighted by molar-refractivity contribution is 4.94. The highest BCUT2D eigenvalue weighted by atomic mass is 16.5. The molecule has 84 valence electrons. The normalized spacial score (nSPS) is 31.5. The van der Waals surface area contributed by atoms with E-state index in [1.165, 1.54) is 12.8 Å². The summed E-state index contributed by atoms with van der Waals surface area (Å²) in [5, 5.41) is 0. The molecule has 3 nitrogen and oxygen atoms in total. The van der Waals surface area contributed by atoms with Crippen molar-refractivity contribution in [2.24, 2.45) is 5.73 Å². The third-order valence-corrected chi connectivity index (χ3v) is 2.73. The lowest BCUT2D eigenvalue weighted by atomic mass is 9.86. The van der Waals surface area contributed by atoms with E-state index < -0.39 is 0 Å². The fourth-order valence-electron chi connectivity index (χ4n) is 1.79. The summed E-state index contributed by atoms with van der Waals surface area (Å²) in [7, 11) is 0. The second-order valence-electron chi connectivity index (χ2n) is 3.94. The van der Waals surface area contributed by atoms with Crippen molar-refractivity contribution in [3.63, 3.8) is 0 Å². The van der Waals surface area contributed by atoms with Crippen LogP contribution in [0.2, 0.25) is 0 Å². The first-order valence-electron chi connectivity index (χ1n) is 5.78. The van der Waals surface area contributed by atoms with Crippen molar-refractivity contribution in [1.82, 2.24) is 0 Å². The molecule has 0 heterocycles. The third-order valence-electron chi connectivity index (χ3n) is 2.73. The molecule has 3 heteroatoms. The zero-order valence-electron chi connectivity index (χ0n) is 9.37. The average Bonchev–Trinajstić information content (AvgIpc) is 2.19. The minimum absolute atomic E-state index is 0.140. The topological polar surface area (TPSA) is 44.5 Å². The summed E-state index contributed by atoms with van der Waals surface area (Å²) < 4.78 is 11.2. The Morgan fingerprint density at radius 2 is 2.00 bits per heavy atom. The van der Waals surface area contributed by atoms with E-state index in [1.54, 1.807) is 0 Å². The molecule has 14 heavy (non-hydrogen) atoms. The van der Waals surface area contributed by atoms with E-state index >= 15 is 0 Å². The smallest absolute Gasteiger partial charge is 0.0988 e. The standard InChI is InChI=1S/C11H23NO2/c1-3-5-6-7-14-10-8-9(12)11(10)13-4-2/h9-11H,3-8,12H2,1-2H3. The third kappa shape index (κ3) is 3.23. The molecule has 1 fully saturated rings. The average molecular weight is 201 g/mol.